The first-order valence-corrected chi connectivity index (χ1v) is 11.6. The van der Waals surface area contributed by atoms with Crippen LogP contribution in [-0.2, 0) is 4.79 Å². The van der Waals surface area contributed by atoms with E-state index in [2.05, 4.69) is 20.3 Å². The zero-order valence-electron chi connectivity index (χ0n) is 19.6. The van der Waals surface area contributed by atoms with Crippen LogP contribution in [0.15, 0.2) is 48.9 Å². The minimum atomic E-state index is -0.292. The van der Waals surface area contributed by atoms with Crippen molar-refractivity contribution in [3.05, 3.63) is 60.4 Å². The Balaban J connectivity index is 1.53. The lowest BCUT2D eigenvalue weighted by Gasteiger charge is -2.36. The van der Waals surface area contributed by atoms with Gasteiger partial charge in [0.25, 0.3) is 0 Å². The van der Waals surface area contributed by atoms with Crippen LogP contribution in [0.5, 0.6) is 0 Å². The summed E-state index contributed by atoms with van der Waals surface area (Å²) in [6.07, 6.45) is 9.07. The summed E-state index contributed by atoms with van der Waals surface area (Å²) in [6, 6.07) is 7.96. The van der Waals surface area contributed by atoms with E-state index in [0.29, 0.717) is 37.8 Å². The summed E-state index contributed by atoms with van der Waals surface area (Å²) >= 11 is 0. The topological polar surface area (TPSA) is 87.1 Å². The van der Waals surface area contributed by atoms with Crippen LogP contribution in [0.1, 0.15) is 43.8 Å². The van der Waals surface area contributed by atoms with Gasteiger partial charge < -0.3 is 15.1 Å². The summed E-state index contributed by atoms with van der Waals surface area (Å²) in [5.74, 6) is 0.966. The second-order valence-corrected chi connectivity index (χ2v) is 8.57. The van der Waals surface area contributed by atoms with Crippen molar-refractivity contribution < 1.29 is 9.18 Å². The average molecular weight is 464 g/mol. The molecule has 1 atom stereocenters. The molecule has 1 amide bonds. The zero-order chi connectivity index (χ0) is 23.9. The van der Waals surface area contributed by atoms with Gasteiger partial charge in [-0.25, -0.2) is 24.3 Å². The Morgan fingerprint density at radius 1 is 1.15 bits per heavy atom. The van der Waals surface area contributed by atoms with E-state index in [9.17, 15) is 9.18 Å². The summed E-state index contributed by atoms with van der Waals surface area (Å²) in [5.41, 5.74) is 2.49. The van der Waals surface area contributed by atoms with Crippen LogP contribution in [-0.4, -0.2) is 57.9 Å². The van der Waals surface area contributed by atoms with Gasteiger partial charge in [-0.15, -0.1) is 0 Å². The molecule has 1 aromatic carbocycles. The Hall–Kier alpha value is -3.62. The molecule has 178 valence electrons. The molecule has 0 saturated carbocycles. The molecule has 0 bridgehead atoms. The first kappa shape index (κ1) is 23.5. The molecule has 8 nitrogen and oxygen atoms in total. The average Bonchev–Trinajstić information content (AvgIpc) is 2.87. The summed E-state index contributed by atoms with van der Waals surface area (Å²) in [5, 5.41) is 3.15. The molecule has 1 saturated heterocycles. The van der Waals surface area contributed by atoms with Gasteiger partial charge in [0.05, 0.1) is 11.7 Å². The van der Waals surface area contributed by atoms with Crippen LogP contribution >= 0.6 is 0 Å². The number of nitrogens with one attached hydrogen (secondary N) is 1. The Kier molecular flexibility index (Phi) is 7.61. The van der Waals surface area contributed by atoms with E-state index in [1.165, 1.54) is 12.1 Å². The summed E-state index contributed by atoms with van der Waals surface area (Å²) in [7, 11) is 3.79. The van der Waals surface area contributed by atoms with E-state index in [-0.39, 0.29) is 17.8 Å². The Bertz CT molecular complexity index is 1090. The third-order valence-corrected chi connectivity index (χ3v) is 5.92. The highest BCUT2D eigenvalue weighted by atomic mass is 19.1. The molecule has 2 aromatic heterocycles. The molecule has 0 radical (unpaired) electrons. The van der Waals surface area contributed by atoms with E-state index in [1.807, 2.05) is 23.9 Å². The van der Waals surface area contributed by atoms with Gasteiger partial charge in [0, 0.05) is 57.8 Å². The van der Waals surface area contributed by atoms with Gasteiger partial charge in [-0.05, 0) is 49.4 Å². The quantitative estimate of drug-likeness (QED) is 0.504. The predicted octanol–water partition coefficient (Wildman–Crippen LogP) is 4.08. The van der Waals surface area contributed by atoms with E-state index in [4.69, 9.17) is 4.98 Å². The fraction of sp³-hybridized carbons (Fsp3) is 0.400. The van der Waals surface area contributed by atoms with Crippen molar-refractivity contribution >= 4 is 17.8 Å². The first-order valence-electron chi connectivity index (χ1n) is 11.6. The SMILES string of the molecule is CN(C)c1ncc(-c2ccc(F)cc2)c(C2CCCCN2C(=O)CCCNc2ncccn2)n1. The summed E-state index contributed by atoms with van der Waals surface area (Å²) in [4.78, 5) is 34.7. The maximum absolute atomic E-state index is 13.5. The third-order valence-electron chi connectivity index (χ3n) is 5.92. The second-order valence-electron chi connectivity index (χ2n) is 8.57. The molecule has 34 heavy (non-hydrogen) atoms. The molecule has 9 heteroatoms. The Morgan fingerprint density at radius 3 is 2.65 bits per heavy atom. The zero-order valence-corrected chi connectivity index (χ0v) is 19.6. The molecule has 0 spiro atoms. The lowest BCUT2D eigenvalue weighted by Crippen LogP contribution is -2.39. The predicted molar refractivity (Wildman–Crippen MR) is 130 cm³/mol. The van der Waals surface area contributed by atoms with Crippen LogP contribution in [0.2, 0.25) is 0 Å². The molecule has 1 aliphatic rings. The van der Waals surface area contributed by atoms with Gasteiger partial charge in [-0.3, -0.25) is 4.79 Å². The van der Waals surface area contributed by atoms with Crippen molar-refractivity contribution in [1.82, 2.24) is 24.8 Å². The van der Waals surface area contributed by atoms with Crippen LogP contribution in [0.4, 0.5) is 16.3 Å². The highest BCUT2D eigenvalue weighted by molar-refractivity contribution is 5.77. The van der Waals surface area contributed by atoms with Gasteiger partial charge in [0.1, 0.15) is 5.82 Å². The fourth-order valence-corrected chi connectivity index (χ4v) is 4.19. The largest absolute Gasteiger partial charge is 0.354 e. The maximum atomic E-state index is 13.5. The number of amides is 1. The summed E-state index contributed by atoms with van der Waals surface area (Å²) < 4.78 is 13.5. The van der Waals surface area contributed by atoms with E-state index in [1.54, 1.807) is 36.8 Å². The Morgan fingerprint density at radius 2 is 1.91 bits per heavy atom. The molecule has 3 heterocycles. The number of hydrogen-bond acceptors (Lipinski definition) is 7. The lowest BCUT2D eigenvalue weighted by atomic mass is 9.93. The van der Waals surface area contributed by atoms with Crippen LogP contribution in [0.3, 0.4) is 0 Å². The normalized spacial score (nSPS) is 15.7. The monoisotopic (exact) mass is 463 g/mol. The summed E-state index contributed by atoms with van der Waals surface area (Å²) in [6.45, 7) is 1.32. The van der Waals surface area contributed by atoms with Crippen LogP contribution < -0.4 is 10.2 Å². The number of aromatic nitrogens is 4. The van der Waals surface area contributed by atoms with Crippen molar-refractivity contribution in [1.29, 1.82) is 0 Å². The van der Waals surface area contributed by atoms with E-state index in [0.717, 1.165) is 36.1 Å². The first-order chi connectivity index (χ1) is 16.5. The second kappa shape index (κ2) is 11.0. The number of piperidine rings is 1. The fourth-order valence-electron chi connectivity index (χ4n) is 4.19. The number of hydrogen-bond donors (Lipinski definition) is 1. The highest BCUT2D eigenvalue weighted by Gasteiger charge is 2.31. The standard InChI is InChI=1S/C25H30FN7O/c1-32(2)25-30-17-20(18-9-11-19(26)12-10-18)23(31-25)21-7-3-4-16-33(21)22(34)8-5-13-27-24-28-14-6-15-29-24/h6,9-12,14-15,17,21H,3-5,7-8,13,16H2,1-2H3,(H,27,28,29). The number of carbonyl (C=O) groups is 1. The molecule has 0 aliphatic carbocycles. The van der Waals surface area contributed by atoms with Crippen molar-refractivity contribution in [3.8, 4) is 11.1 Å². The van der Waals surface area contributed by atoms with Crippen molar-refractivity contribution in [2.45, 2.75) is 38.1 Å². The number of anilines is 2. The minimum Gasteiger partial charge on any atom is -0.354 e. The van der Waals surface area contributed by atoms with Crippen molar-refractivity contribution in [2.75, 3.05) is 37.4 Å². The number of nitrogens with zero attached hydrogens (tertiary/aromatic N) is 6. The molecule has 3 aromatic rings. The molecule has 1 fully saturated rings. The van der Waals surface area contributed by atoms with Gasteiger partial charge in [0.15, 0.2) is 0 Å². The number of halogens is 1. The molecule has 1 unspecified atom stereocenters. The number of rotatable bonds is 8. The number of likely N-dealkylation sites (tertiary alicyclic amines) is 1. The number of benzene rings is 1. The Labute approximate surface area is 199 Å². The van der Waals surface area contributed by atoms with E-state index < -0.39 is 0 Å². The maximum Gasteiger partial charge on any atom is 0.225 e. The number of carbonyl (C=O) groups excluding carboxylic acids is 1. The minimum absolute atomic E-state index is 0.107. The third kappa shape index (κ3) is 5.65. The van der Waals surface area contributed by atoms with Crippen molar-refractivity contribution in [2.24, 2.45) is 0 Å². The van der Waals surface area contributed by atoms with Crippen molar-refractivity contribution in [3.63, 3.8) is 0 Å². The van der Waals surface area contributed by atoms with E-state index >= 15 is 0 Å². The van der Waals surface area contributed by atoms with Gasteiger partial charge in [-0.1, -0.05) is 12.1 Å². The van der Waals surface area contributed by atoms with Gasteiger partial charge in [-0.2, -0.15) is 0 Å². The molecule has 4 rings (SSSR count). The molecular formula is C25H30FN7O. The van der Waals surface area contributed by atoms with Gasteiger partial charge in [0.2, 0.25) is 17.8 Å². The van der Waals surface area contributed by atoms with Crippen LogP contribution in [0.25, 0.3) is 11.1 Å². The molecular weight excluding hydrogens is 433 g/mol. The lowest BCUT2D eigenvalue weighted by molar-refractivity contribution is -0.135. The smallest absolute Gasteiger partial charge is 0.225 e. The van der Waals surface area contributed by atoms with Crippen LogP contribution in [0, 0.1) is 5.82 Å². The molecule has 1 aliphatic heterocycles. The molecule has 1 N–H and O–H groups in total. The van der Waals surface area contributed by atoms with Gasteiger partial charge >= 0.3 is 0 Å². The highest BCUT2D eigenvalue weighted by Crippen LogP contribution is 2.36.